The Labute approximate surface area is 95.0 Å². The summed E-state index contributed by atoms with van der Waals surface area (Å²) in [5.41, 5.74) is 0.109. The molecule has 1 N–H and O–H groups in total. The Morgan fingerprint density at radius 2 is 2.35 bits per heavy atom. The molecule has 0 atom stereocenters. The molecule has 0 radical (unpaired) electrons. The molecule has 0 bridgehead atoms. The van der Waals surface area contributed by atoms with Crippen LogP contribution in [0.4, 0.5) is 5.69 Å². The van der Waals surface area contributed by atoms with Crippen molar-refractivity contribution in [2.24, 2.45) is 5.10 Å². The molecule has 2 rings (SSSR count). The summed E-state index contributed by atoms with van der Waals surface area (Å²) in [5, 5.41) is 27.6. The number of aromatic nitrogens is 3. The molecule has 0 aliphatic rings. The summed E-state index contributed by atoms with van der Waals surface area (Å²) >= 11 is 0. The maximum Gasteiger partial charge on any atom is 0.270 e. The highest BCUT2D eigenvalue weighted by Crippen LogP contribution is 2.21. The number of benzene rings is 1. The van der Waals surface area contributed by atoms with Gasteiger partial charge in [-0.25, -0.2) is 4.98 Å². The molecular weight excluding hydrogens is 226 g/mol. The molecule has 1 aromatic heterocycles. The van der Waals surface area contributed by atoms with Crippen molar-refractivity contribution >= 4 is 11.9 Å². The van der Waals surface area contributed by atoms with Crippen molar-refractivity contribution in [1.29, 1.82) is 0 Å². The maximum atomic E-state index is 10.5. The number of nitro benzene ring substituents is 1. The SMILES string of the molecule is O=[N+]([O-])c1ccc(O)c(/C=N\n2cncn2)c1. The van der Waals surface area contributed by atoms with E-state index in [2.05, 4.69) is 15.2 Å². The van der Waals surface area contributed by atoms with Crippen LogP contribution in [0.3, 0.4) is 0 Å². The Morgan fingerprint density at radius 3 is 3.00 bits per heavy atom. The molecule has 8 nitrogen and oxygen atoms in total. The van der Waals surface area contributed by atoms with Gasteiger partial charge in [0.05, 0.1) is 11.1 Å². The second-order valence-corrected chi connectivity index (χ2v) is 3.06. The van der Waals surface area contributed by atoms with Crippen LogP contribution in [0.1, 0.15) is 5.56 Å². The van der Waals surface area contributed by atoms with Gasteiger partial charge in [-0.2, -0.15) is 5.10 Å². The van der Waals surface area contributed by atoms with Crippen molar-refractivity contribution < 1.29 is 10.0 Å². The molecule has 0 saturated carbocycles. The van der Waals surface area contributed by atoms with Gasteiger partial charge in [0.1, 0.15) is 18.4 Å². The van der Waals surface area contributed by atoms with Crippen molar-refractivity contribution in [3.05, 3.63) is 46.5 Å². The number of phenols is 1. The van der Waals surface area contributed by atoms with Gasteiger partial charge in [-0.3, -0.25) is 10.1 Å². The zero-order chi connectivity index (χ0) is 12.3. The summed E-state index contributed by atoms with van der Waals surface area (Å²) in [6.07, 6.45) is 3.91. The molecule has 0 spiro atoms. The third-order valence-electron chi connectivity index (χ3n) is 1.94. The van der Waals surface area contributed by atoms with E-state index in [1.807, 2.05) is 0 Å². The van der Waals surface area contributed by atoms with E-state index in [9.17, 15) is 15.2 Å². The fraction of sp³-hybridized carbons (Fsp3) is 0. The minimum absolute atomic E-state index is 0.0977. The molecule has 0 aliphatic heterocycles. The van der Waals surface area contributed by atoms with Gasteiger partial charge in [-0.05, 0) is 6.07 Å². The van der Waals surface area contributed by atoms with E-state index < -0.39 is 4.92 Å². The Morgan fingerprint density at radius 1 is 1.53 bits per heavy atom. The maximum absolute atomic E-state index is 10.5. The Hall–Kier alpha value is -2.77. The van der Waals surface area contributed by atoms with Crippen LogP contribution < -0.4 is 0 Å². The average Bonchev–Trinajstić information content (AvgIpc) is 2.80. The summed E-state index contributed by atoms with van der Waals surface area (Å²) in [4.78, 5) is 14.8. The minimum atomic E-state index is -0.549. The van der Waals surface area contributed by atoms with Crippen LogP contribution in [0.15, 0.2) is 36.0 Å². The van der Waals surface area contributed by atoms with Crippen molar-refractivity contribution in [2.75, 3.05) is 0 Å². The third kappa shape index (κ3) is 2.43. The van der Waals surface area contributed by atoms with Crippen molar-refractivity contribution in [1.82, 2.24) is 14.9 Å². The average molecular weight is 233 g/mol. The molecule has 1 aromatic carbocycles. The number of nitrogens with zero attached hydrogens (tertiary/aromatic N) is 5. The van der Waals surface area contributed by atoms with Gasteiger partial charge in [-0.1, -0.05) is 0 Å². The summed E-state index contributed by atoms with van der Waals surface area (Å²) in [6, 6.07) is 3.67. The highest BCUT2D eigenvalue weighted by molar-refractivity contribution is 5.84. The first kappa shape index (κ1) is 10.7. The van der Waals surface area contributed by atoms with Crippen molar-refractivity contribution in [3.63, 3.8) is 0 Å². The third-order valence-corrected chi connectivity index (χ3v) is 1.94. The van der Waals surface area contributed by atoms with E-state index in [1.54, 1.807) is 0 Å². The first-order valence-electron chi connectivity index (χ1n) is 4.53. The number of nitro groups is 1. The largest absolute Gasteiger partial charge is 0.507 e. The number of non-ortho nitro benzene ring substituents is 1. The monoisotopic (exact) mass is 233 g/mol. The van der Waals surface area contributed by atoms with Gasteiger partial charge in [-0.15, -0.1) is 9.89 Å². The topological polar surface area (TPSA) is 106 Å². The molecule has 17 heavy (non-hydrogen) atoms. The standard InChI is InChI=1S/C9H7N5O3/c15-9-2-1-8(14(16)17)3-7(9)4-11-13-6-10-5-12-13/h1-6,15H/b11-4-. The van der Waals surface area contributed by atoms with Gasteiger partial charge >= 0.3 is 0 Å². The van der Waals surface area contributed by atoms with E-state index in [0.717, 1.165) is 4.79 Å². The summed E-state index contributed by atoms with van der Waals surface area (Å²) < 4.78 is 0. The van der Waals surface area contributed by atoms with Gasteiger partial charge in [0.15, 0.2) is 0 Å². The zero-order valence-corrected chi connectivity index (χ0v) is 8.46. The van der Waals surface area contributed by atoms with E-state index in [4.69, 9.17) is 0 Å². The Kier molecular flexibility index (Phi) is 2.77. The number of hydrogen-bond acceptors (Lipinski definition) is 6. The number of hydrogen-bond donors (Lipinski definition) is 1. The summed E-state index contributed by atoms with van der Waals surface area (Å²) in [6.45, 7) is 0. The molecule has 0 amide bonds. The number of rotatable bonds is 3. The Bertz CT molecular complexity index is 564. The second kappa shape index (κ2) is 4.39. The predicted octanol–water partition coefficient (Wildman–Crippen LogP) is 0.774. The van der Waals surface area contributed by atoms with Gasteiger partial charge in [0.25, 0.3) is 5.69 Å². The lowest BCUT2D eigenvalue weighted by Gasteiger charge is -1.98. The number of aromatic hydroxyl groups is 1. The van der Waals surface area contributed by atoms with E-state index in [1.165, 1.54) is 37.1 Å². The highest BCUT2D eigenvalue weighted by atomic mass is 16.6. The lowest BCUT2D eigenvalue weighted by molar-refractivity contribution is -0.384. The van der Waals surface area contributed by atoms with Crippen molar-refractivity contribution in [2.45, 2.75) is 0 Å². The van der Waals surface area contributed by atoms with Crippen LogP contribution in [0.5, 0.6) is 5.75 Å². The predicted molar refractivity (Wildman–Crippen MR) is 57.8 cm³/mol. The highest BCUT2D eigenvalue weighted by Gasteiger charge is 2.08. The minimum Gasteiger partial charge on any atom is -0.507 e. The first-order chi connectivity index (χ1) is 8.16. The zero-order valence-electron chi connectivity index (χ0n) is 8.46. The summed E-state index contributed by atoms with van der Waals surface area (Å²) in [5.74, 6) is -0.0977. The Balaban J connectivity index is 2.31. The molecule has 8 heteroatoms. The quantitative estimate of drug-likeness (QED) is 0.478. The lowest BCUT2D eigenvalue weighted by Crippen LogP contribution is -1.93. The van der Waals surface area contributed by atoms with Crippen LogP contribution in [-0.2, 0) is 0 Å². The van der Waals surface area contributed by atoms with E-state index in [-0.39, 0.29) is 17.0 Å². The smallest absolute Gasteiger partial charge is 0.270 e. The first-order valence-corrected chi connectivity index (χ1v) is 4.53. The molecule has 86 valence electrons. The molecule has 1 heterocycles. The van der Waals surface area contributed by atoms with E-state index >= 15 is 0 Å². The molecular formula is C9H7N5O3. The lowest BCUT2D eigenvalue weighted by atomic mass is 10.2. The molecule has 0 unspecified atom stereocenters. The van der Waals surface area contributed by atoms with Gasteiger partial charge in [0.2, 0.25) is 0 Å². The normalized spacial score (nSPS) is 10.8. The molecule has 2 aromatic rings. The summed E-state index contributed by atoms with van der Waals surface area (Å²) in [7, 11) is 0. The fourth-order valence-corrected chi connectivity index (χ4v) is 1.14. The van der Waals surface area contributed by atoms with Crippen molar-refractivity contribution in [3.8, 4) is 5.75 Å². The number of phenolic OH excluding ortho intramolecular Hbond substituents is 1. The molecule has 0 saturated heterocycles. The van der Waals surface area contributed by atoms with Crippen LogP contribution >= 0.6 is 0 Å². The van der Waals surface area contributed by atoms with Gasteiger partial charge in [0, 0.05) is 17.7 Å². The fourth-order valence-electron chi connectivity index (χ4n) is 1.14. The van der Waals surface area contributed by atoms with Crippen LogP contribution in [-0.4, -0.2) is 31.1 Å². The van der Waals surface area contributed by atoms with Crippen LogP contribution in [0.25, 0.3) is 0 Å². The molecule has 0 aliphatic carbocycles. The molecule has 0 fully saturated rings. The van der Waals surface area contributed by atoms with E-state index in [0.29, 0.717) is 0 Å². The van der Waals surface area contributed by atoms with Gasteiger partial charge < -0.3 is 5.11 Å². The second-order valence-electron chi connectivity index (χ2n) is 3.06. The van der Waals surface area contributed by atoms with Crippen LogP contribution in [0.2, 0.25) is 0 Å². The van der Waals surface area contributed by atoms with Crippen LogP contribution in [0, 0.1) is 10.1 Å².